The largest absolute Gasteiger partial charge is 0.119 e. The molecule has 0 saturated heterocycles. The van der Waals surface area contributed by atoms with E-state index in [2.05, 4.69) is 62.7 Å². The highest BCUT2D eigenvalue weighted by molar-refractivity contribution is 6.40. The van der Waals surface area contributed by atoms with Crippen LogP contribution in [0.3, 0.4) is 0 Å². The molecule has 0 heterocycles. The van der Waals surface area contributed by atoms with Gasteiger partial charge in [-0.2, -0.15) is 0 Å². The van der Waals surface area contributed by atoms with Crippen LogP contribution in [0.15, 0.2) is 0 Å². The molecule has 0 aromatic heterocycles. The second-order valence-electron chi connectivity index (χ2n) is 8.22. The summed E-state index contributed by atoms with van der Waals surface area (Å²) >= 11 is 0. The highest BCUT2D eigenvalue weighted by Gasteiger charge is 2.47. The van der Waals surface area contributed by atoms with E-state index in [1.807, 2.05) is 0 Å². The zero-order valence-electron chi connectivity index (χ0n) is 14.4. The molecule has 0 spiro atoms. The summed E-state index contributed by atoms with van der Waals surface area (Å²) in [5, 5.41) is 0. The molecule has 2 aliphatic carbocycles. The Morgan fingerprint density at radius 1 is 0.368 bits per heavy atom. The van der Waals surface area contributed by atoms with Gasteiger partial charge in [0.05, 0.1) is 0 Å². The zero-order chi connectivity index (χ0) is 14.5. The van der Waals surface area contributed by atoms with Crippen LogP contribution < -0.4 is 0 Å². The average molecular weight is 261 g/mol. The molecule has 1 heteroatoms. The van der Waals surface area contributed by atoms with Crippen molar-refractivity contribution in [1.82, 2.24) is 0 Å². The van der Waals surface area contributed by atoms with Crippen LogP contribution in [0.5, 0.6) is 0 Å². The lowest BCUT2D eigenvalue weighted by atomic mass is 9.46. The minimum absolute atomic E-state index is 0.845. The van der Waals surface area contributed by atoms with Crippen LogP contribution in [0.25, 0.3) is 0 Å². The topological polar surface area (TPSA) is 0 Å². The first-order valence-electron chi connectivity index (χ1n) is 8.62. The lowest BCUT2D eigenvalue weighted by molar-refractivity contribution is 0.352. The van der Waals surface area contributed by atoms with E-state index < -0.39 is 0 Å². The summed E-state index contributed by atoms with van der Waals surface area (Å²) in [6.07, 6.45) is 0. The van der Waals surface area contributed by atoms with Gasteiger partial charge in [0.1, 0.15) is 7.28 Å². The molecule has 0 aromatic carbocycles. The maximum Gasteiger partial charge on any atom is 0.119 e. The first-order chi connectivity index (χ1) is 8.77. The molecule has 0 aliphatic heterocycles. The molecule has 109 valence electrons. The molecular weight excluding hydrogens is 227 g/mol. The zero-order valence-corrected chi connectivity index (χ0v) is 14.4. The summed E-state index contributed by atoms with van der Waals surface area (Å²) in [4.78, 5) is 0. The summed E-state index contributed by atoms with van der Waals surface area (Å²) in [5.41, 5.74) is 0. The maximum atomic E-state index is 2.80. The summed E-state index contributed by atoms with van der Waals surface area (Å²) < 4.78 is 0. The van der Waals surface area contributed by atoms with Crippen molar-refractivity contribution in [2.75, 3.05) is 0 Å². The van der Waals surface area contributed by atoms with Gasteiger partial charge in [0.25, 0.3) is 0 Å². The summed E-state index contributed by atoms with van der Waals surface area (Å²) in [6.45, 7) is 19.8. The molecule has 0 amide bonds. The van der Waals surface area contributed by atoms with Crippen LogP contribution in [0.4, 0.5) is 0 Å². The maximum absolute atomic E-state index is 2.80. The molecule has 19 heavy (non-hydrogen) atoms. The molecule has 2 saturated carbocycles. The van der Waals surface area contributed by atoms with E-state index in [0.717, 1.165) is 59.0 Å². The third kappa shape index (κ3) is 2.40. The van der Waals surface area contributed by atoms with Crippen molar-refractivity contribution in [2.24, 2.45) is 47.3 Å². The van der Waals surface area contributed by atoms with Crippen molar-refractivity contribution in [2.45, 2.75) is 67.0 Å². The Labute approximate surface area is 122 Å². The van der Waals surface area contributed by atoms with E-state index in [4.69, 9.17) is 0 Å². The summed E-state index contributed by atoms with van der Waals surface area (Å²) in [6, 6.07) is 0. The van der Waals surface area contributed by atoms with Gasteiger partial charge in [-0.25, -0.2) is 0 Å². The summed E-state index contributed by atoms with van der Waals surface area (Å²) in [7, 11) is 2.80. The molecule has 0 N–H and O–H groups in total. The van der Waals surface area contributed by atoms with E-state index >= 15 is 0 Å². The SMILES string of the molecule is CC1C(C)C(C)C([B]C2C(C)C(C)C(C)C2C)C1C. The van der Waals surface area contributed by atoms with Gasteiger partial charge in [0.15, 0.2) is 0 Å². The number of hydrogen-bond acceptors (Lipinski definition) is 0. The molecule has 2 fully saturated rings. The minimum atomic E-state index is 0.845. The Hall–Kier alpha value is 0.0649. The Bertz CT molecular complexity index is 255. The average Bonchev–Trinajstić information content (AvgIpc) is 2.68. The summed E-state index contributed by atoms with van der Waals surface area (Å²) in [5.74, 6) is 8.72. The van der Waals surface area contributed by atoms with Crippen molar-refractivity contribution in [1.29, 1.82) is 0 Å². The lowest BCUT2D eigenvalue weighted by Crippen LogP contribution is -2.23. The van der Waals surface area contributed by atoms with E-state index in [9.17, 15) is 0 Å². The van der Waals surface area contributed by atoms with Crippen molar-refractivity contribution in [3.05, 3.63) is 0 Å². The van der Waals surface area contributed by atoms with E-state index in [1.54, 1.807) is 0 Å². The van der Waals surface area contributed by atoms with E-state index in [-0.39, 0.29) is 0 Å². The molecule has 8 unspecified atom stereocenters. The first-order valence-corrected chi connectivity index (χ1v) is 8.62. The van der Waals surface area contributed by atoms with Gasteiger partial charge in [-0.05, 0) is 47.3 Å². The smallest absolute Gasteiger partial charge is 0.0630 e. The van der Waals surface area contributed by atoms with Gasteiger partial charge in [-0.3, -0.25) is 0 Å². The van der Waals surface area contributed by atoms with E-state index in [1.165, 1.54) is 0 Å². The van der Waals surface area contributed by atoms with E-state index in [0.29, 0.717) is 0 Å². The normalized spacial score (nSPS) is 58.5. The Morgan fingerprint density at radius 2 is 0.579 bits per heavy atom. The van der Waals surface area contributed by atoms with Gasteiger partial charge < -0.3 is 0 Å². The molecule has 0 aromatic rings. The predicted octanol–water partition coefficient (Wildman–Crippen LogP) is 5.38. The van der Waals surface area contributed by atoms with Crippen molar-refractivity contribution in [3.63, 3.8) is 0 Å². The van der Waals surface area contributed by atoms with Crippen molar-refractivity contribution >= 4 is 7.28 Å². The second kappa shape index (κ2) is 5.45. The quantitative estimate of drug-likeness (QED) is 0.585. The molecular formula is C18H34B. The van der Waals surface area contributed by atoms with Crippen LogP contribution in [-0.2, 0) is 0 Å². The standard InChI is InChI=1S/C18H34B/c1-9-10(2)14(6)17(13(9)5)19-18-15(7)11(3)12(4)16(18)8/h9-18H,1-8H3. The molecule has 2 rings (SSSR count). The monoisotopic (exact) mass is 261 g/mol. The Balaban J connectivity index is 2.09. The van der Waals surface area contributed by atoms with Gasteiger partial charge in [-0.1, -0.05) is 67.0 Å². The van der Waals surface area contributed by atoms with Crippen LogP contribution in [0, 0.1) is 47.3 Å². The van der Waals surface area contributed by atoms with Crippen molar-refractivity contribution in [3.8, 4) is 0 Å². The highest BCUT2D eigenvalue weighted by atomic mass is 14.5. The second-order valence-corrected chi connectivity index (χ2v) is 8.22. The molecule has 1 radical (unpaired) electrons. The Morgan fingerprint density at radius 3 is 0.789 bits per heavy atom. The number of rotatable bonds is 2. The number of hydrogen-bond donors (Lipinski definition) is 0. The van der Waals surface area contributed by atoms with Gasteiger partial charge in [0, 0.05) is 0 Å². The Kier molecular flexibility index (Phi) is 4.43. The fourth-order valence-corrected chi connectivity index (χ4v) is 5.23. The predicted molar refractivity (Wildman–Crippen MR) is 86.6 cm³/mol. The van der Waals surface area contributed by atoms with Crippen LogP contribution in [-0.4, -0.2) is 7.28 Å². The first kappa shape index (κ1) is 15.5. The molecule has 2 aliphatic rings. The third-order valence-electron chi connectivity index (χ3n) is 7.85. The van der Waals surface area contributed by atoms with Crippen LogP contribution >= 0.6 is 0 Å². The van der Waals surface area contributed by atoms with Gasteiger partial charge in [-0.15, -0.1) is 0 Å². The van der Waals surface area contributed by atoms with Crippen molar-refractivity contribution < 1.29 is 0 Å². The fourth-order valence-electron chi connectivity index (χ4n) is 5.23. The minimum Gasteiger partial charge on any atom is -0.0630 e. The van der Waals surface area contributed by atoms with Gasteiger partial charge >= 0.3 is 0 Å². The van der Waals surface area contributed by atoms with Crippen LogP contribution in [0.2, 0.25) is 11.6 Å². The third-order valence-corrected chi connectivity index (χ3v) is 7.85. The fraction of sp³-hybridized carbons (Fsp3) is 1.00. The lowest BCUT2D eigenvalue weighted by Gasteiger charge is -2.29. The molecule has 8 atom stereocenters. The van der Waals surface area contributed by atoms with Gasteiger partial charge in [0.2, 0.25) is 0 Å². The highest BCUT2D eigenvalue weighted by Crippen LogP contribution is 2.55. The molecule has 0 bridgehead atoms. The molecule has 0 nitrogen and oxygen atoms in total. The van der Waals surface area contributed by atoms with Crippen LogP contribution in [0.1, 0.15) is 55.4 Å².